The van der Waals surface area contributed by atoms with Crippen molar-refractivity contribution in [3.8, 4) is 0 Å². The van der Waals surface area contributed by atoms with Crippen molar-refractivity contribution < 1.29 is 30.4 Å². The van der Waals surface area contributed by atoms with E-state index in [0.717, 1.165) is 6.26 Å². The van der Waals surface area contributed by atoms with E-state index in [2.05, 4.69) is 0 Å². The zero-order valence-corrected chi connectivity index (χ0v) is 20.7. The van der Waals surface area contributed by atoms with Gasteiger partial charge in [0, 0.05) is 24.4 Å². The van der Waals surface area contributed by atoms with Crippen LogP contribution in [0, 0.1) is 17.6 Å². The molecular weight excluding hydrogens is 496 g/mol. The molecule has 0 atom stereocenters. The van der Waals surface area contributed by atoms with Gasteiger partial charge in [-0.15, -0.1) is 0 Å². The highest BCUT2D eigenvalue weighted by Gasteiger charge is 2.44. The Bertz CT molecular complexity index is 1300. The number of rotatable bonds is 5. The molecule has 1 aliphatic heterocycles. The average molecular weight is 520 g/mol. The minimum atomic E-state index is -3.99. The van der Waals surface area contributed by atoms with Gasteiger partial charge < -0.3 is 4.90 Å². The number of sulfone groups is 2. The molecule has 3 rings (SSSR count). The normalized spacial score (nSPS) is 16.1. The molecule has 0 radical (unpaired) electrons. The molecule has 0 bridgehead atoms. The van der Waals surface area contributed by atoms with Gasteiger partial charge in [-0.25, -0.2) is 25.6 Å². The highest BCUT2D eigenvalue weighted by molar-refractivity contribution is 7.92. The van der Waals surface area contributed by atoms with Crippen LogP contribution in [0.1, 0.15) is 37.0 Å². The molecule has 33 heavy (non-hydrogen) atoms. The lowest BCUT2D eigenvalue weighted by atomic mass is 9.85. The Morgan fingerprint density at radius 1 is 1.03 bits per heavy atom. The molecule has 2 aromatic rings. The first-order valence-corrected chi connectivity index (χ1v) is 13.9. The topological polar surface area (TPSA) is 88.6 Å². The first-order chi connectivity index (χ1) is 15.2. The van der Waals surface area contributed by atoms with Crippen molar-refractivity contribution in [1.82, 2.24) is 4.90 Å². The summed E-state index contributed by atoms with van der Waals surface area (Å²) in [5.41, 5.74) is -0.444. The van der Waals surface area contributed by atoms with Crippen molar-refractivity contribution in [1.29, 1.82) is 0 Å². The van der Waals surface area contributed by atoms with Gasteiger partial charge >= 0.3 is 0 Å². The lowest BCUT2D eigenvalue weighted by Crippen LogP contribution is -2.47. The van der Waals surface area contributed by atoms with E-state index in [1.165, 1.54) is 17.0 Å². The third-order valence-electron chi connectivity index (χ3n) is 6.22. The lowest BCUT2D eigenvalue weighted by Gasteiger charge is -2.40. The molecule has 1 saturated heterocycles. The van der Waals surface area contributed by atoms with Gasteiger partial charge in [-0.2, -0.15) is 0 Å². The molecule has 0 aliphatic carbocycles. The highest BCUT2D eigenvalue weighted by Crippen LogP contribution is 2.38. The Morgan fingerprint density at radius 2 is 1.61 bits per heavy atom. The minimum Gasteiger partial charge on any atom is -0.339 e. The molecule has 1 aliphatic rings. The Balaban J connectivity index is 1.83. The van der Waals surface area contributed by atoms with Crippen molar-refractivity contribution in [2.75, 3.05) is 19.3 Å². The Labute approximate surface area is 197 Å². The summed E-state index contributed by atoms with van der Waals surface area (Å²) in [6, 6.07) is 7.12. The summed E-state index contributed by atoms with van der Waals surface area (Å²) >= 11 is 5.96. The van der Waals surface area contributed by atoms with Crippen LogP contribution in [0.3, 0.4) is 0 Å². The number of piperidine rings is 1. The second-order valence-corrected chi connectivity index (χ2v) is 13.6. The smallest absolute Gasteiger partial charge is 0.255 e. The van der Waals surface area contributed by atoms with Crippen LogP contribution in [-0.2, 0) is 19.7 Å². The molecule has 0 unspecified atom stereocenters. The number of hydrogen-bond donors (Lipinski definition) is 0. The summed E-state index contributed by atoms with van der Waals surface area (Å²) in [4.78, 5) is 13.8. The molecule has 0 aromatic heterocycles. The summed E-state index contributed by atoms with van der Waals surface area (Å²) in [5, 5.41) is 0.306. The highest BCUT2D eigenvalue weighted by atomic mass is 35.5. The van der Waals surface area contributed by atoms with Gasteiger partial charge in [0.1, 0.15) is 0 Å². The molecule has 2 aromatic carbocycles. The number of likely N-dealkylation sites (tertiary alicyclic amines) is 1. The zero-order chi connectivity index (χ0) is 24.8. The van der Waals surface area contributed by atoms with Gasteiger partial charge in [0.2, 0.25) is 0 Å². The fraction of sp³-hybridized carbons (Fsp3) is 0.409. The molecule has 1 fully saturated rings. The molecule has 11 heteroatoms. The second kappa shape index (κ2) is 8.96. The molecule has 1 heterocycles. The molecule has 0 saturated carbocycles. The number of benzene rings is 2. The molecule has 0 spiro atoms. The second-order valence-electron chi connectivity index (χ2n) is 8.67. The summed E-state index contributed by atoms with van der Waals surface area (Å²) in [5.74, 6) is -3.74. The van der Waals surface area contributed by atoms with E-state index >= 15 is 0 Å². The van der Waals surface area contributed by atoms with Crippen LogP contribution in [0.25, 0.3) is 0 Å². The van der Waals surface area contributed by atoms with Gasteiger partial charge in [-0.1, -0.05) is 17.7 Å². The van der Waals surface area contributed by atoms with Crippen LogP contribution in [-0.4, -0.2) is 51.7 Å². The van der Waals surface area contributed by atoms with Gasteiger partial charge in [0.05, 0.1) is 20.1 Å². The summed E-state index contributed by atoms with van der Waals surface area (Å²) in [7, 11) is -7.73. The van der Waals surface area contributed by atoms with Gasteiger partial charge in [-0.05, 0) is 62.9 Å². The average Bonchev–Trinajstić information content (AvgIpc) is 2.74. The first kappa shape index (κ1) is 25.6. The van der Waals surface area contributed by atoms with Crippen molar-refractivity contribution in [3.05, 3.63) is 58.6 Å². The van der Waals surface area contributed by atoms with E-state index < -0.39 is 52.4 Å². The third kappa shape index (κ3) is 4.93. The first-order valence-electron chi connectivity index (χ1n) is 10.1. The number of halogens is 3. The van der Waals surface area contributed by atoms with Crippen molar-refractivity contribution in [3.63, 3.8) is 0 Å². The van der Waals surface area contributed by atoms with Crippen LogP contribution in [0.5, 0.6) is 0 Å². The number of nitrogens with zero attached hydrogens (tertiary/aromatic N) is 1. The van der Waals surface area contributed by atoms with E-state index in [0.29, 0.717) is 30.0 Å². The number of amides is 1. The van der Waals surface area contributed by atoms with E-state index in [1.54, 1.807) is 26.0 Å². The Morgan fingerprint density at radius 3 is 2.15 bits per heavy atom. The molecule has 1 amide bonds. The largest absolute Gasteiger partial charge is 0.339 e. The van der Waals surface area contributed by atoms with Crippen molar-refractivity contribution in [2.45, 2.75) is 41.2 Å². The zero-order valence-electron chi connectivity index (χ0n) is 18.3. The summed E-state index contributed by atoms with van der Waals surface area (Å²) < 4.78 is 76.9. The monoisotopic (exact) mass is 519 g/mol. The maximum absolute atomic E-state index is 13.8. The number of carbonyl (C=O) groups is 1. The predicted molar refractivity (Wildman–Crippen MR) is 121 cm³/mol. The molecule has 6 nitrogen and oxygen atoms in total. The van der Waals surface area contributed by atoms with E-state index in [9.17, 15) is 30.4 Å². The molecular formula is C22H24ClF2NO5S2. The molecule has 0 N–H and O–H groups in total. The Hall–Kier alpha value is -2.04. The van der Waals surface area contributed by atoms with Crippen LogP contribution >= 0.6 is 11.6 Å². The standard InChI is InChI=1S/C22H24ClF2NO5S2/c1-22(2,33(30,31)16-6-4-5-15(23)11-16)14-7-9-26(10-8-14)21(27)17-12-18(24)19(25)13-20(17)32(3,28)29/h4-6,11-14H,7-10H2,1-3H3. The minimum absolute atomic E-state index is 0.109. The van der Waals surface area contributed by atoms with Crippen LogP contribution < -0.4 is 0 Å². The quantitative estimate of drug-likeness (QED) is 0.554. The van der Waals surface area contributed by atoms with E-state index in [1.807, 2.05) is 0 Å². The third-order valence-corrected chi connectivity index (χ3v) is 10.2. The lowest BCUT2D eigenvalue weighted by molar-refractivity contribution is 0.0670. The van der Waals surface area contributed by atoms with Crippen LogP contribution in [0.15, 0.2) is 46.2 Å². The maximum Gasteiger partial charge on any atom is 0.255 e. The maximum atomic E-state index is 13.8. The fourth-order valence-electron chi connectivity index (χ4n) is 4.11. The van der Waals surface area contributed by atoms with Gasteiger partial charge in [0.15, 0.2) is 31.3 Å². The molecule has 180 valence electrons. The fourth-order valence-corrected chi connectivity index (χ4v) is 7.05. The summed E-state index contributed by atoms with van der Waals surface area (Å²) in [6.45, 7) is 3.53. The Kier molecular flexibility index (Phi) is 6.94. The van der Waals surface area contributed by atoms with Crippen molar-refractivity contribution in [2.24, 2.45) is 5.92 Å². The van der Waals surface area contributed by atoms with E-state index in [4.69, 9.17) is 11.6 Å². The number of hydrogen-bond acceptors (Lipinski definition) is 5. The van der Waals surface area contributed by atoms with Gasteiger partial charge in [0.25, 0.3) is 5.91 Å². The predicted octanol–water partition coefficient (Wildman–Crippen LogP) is 4.13. The van der Waals surface area contributed by atoms with Gasteiger partial charge in [-0.3, -0.25) is 4.79 Å². The van der Waals surface area contributed by atoms with Crippen molar-refractivity contribution >= 4 is 37.2 Å². The summed E-state index contributed by atoms with van der Waals surface area (Å²) in [6.07, 6.45) is 1.47. The van der Waals surface area contributed by atoms with Crippen LogP contribution in [0.2, 0.25) is 5.02 Å². The van der Waals surface area contributed by atoms with Crippen LogP contribution in [0.4, 0.5) is 8.78 Å². The number of carbonyl (C=O) groups excluding carboxylic acids is 1. The SMILES string of the molecule is CC(C)(C1CCN(C(=O)c2cc(F)c(F)cc2S(C)(=O)=O)CC1)S(=O)(=O)c1cccc(Cl)c1. The van der Waals surface area contributed by atoms with E-state index in [-0.39, 0.29) is 23.9 Å².